The Morgan fingerprint density at radius 3 is 2.38 bits per heavy atom. The molecular weight excluding hydrogens is 332 g/mol. The van der Waals surface area contributed by atoms with Gasteiger partial charge in [0.1, 0.15) is 11.5 Å². The van der Waals surface area contributed by atoms with Crippen LogP contribution in [0.2, 0.25) is 5.02 Å². The van der Waals surface area contributed by atoms with Gasteiger partial charge < -0.3 is 20.1 Å². The van der Waals surface area contributed by atoms with E-state index in [1.807, 2.05) is 0 Å². The number of anilines is 1. The van der Waals surface area contributed by atoms with E-state index in [1.54, 1.807) is 30.3 Å². The molecule has 126 valence electrons. The second-order valence-electron chi connectivity index (χ2n) is 4.79. The summed E-state index contributed by atoms with van der Waals surface area (Å²) in [5.74, 6) is 0.253. The molecule has 0 radical (unpaired) electrons. The zero-order chi connectivity index (χ0) is 17.7. The fourth-order valence-corrected chi connectivity index (χ4v) is 2.25. The maximum atomic E-state index is 12.5. The van der Waals surface area contributed by atoms with Gasteiger partial charge in [0.05, 0.1) is 30.5 Å². The summed E-state index contributed by atoms with van der Waals surface area (Å²) in [4.78, 5) is 24.2. The van der Waals surface area contributed by atoms with Crippen molar-refractivity contribution in [2.75, 3.05) is 26.6 Å². The zero-order valence-electron chi connectivity index (χ0n) is 13.5. The molecule has 0 spiro atoms. The van der Waals surface area contributed by atoms with E-state index in [4.69, 9.17) is 21.1 Å². The van der Waals surface area contributed by atoms with Crippen molar-refractivity contribution in [1.82, 2.24) is 5.32 Å². The lowest BCUT2D eigenvalue weighted by Crippen LogP contribution is -2.19. The van der Waals surface area contributed by atoms with E-state index < -0.39 is 5.91 Å². The molecule has 0 aromatic heterocycles. The molecule has 7 heteroatoms. The Morgan fingerprint density at radius 1 is 1.00 bits per heavy atom. The predicted octanol–water partition coefficient (Wildman–Crippen LogP) is 2.97. The lowest BCUT2D eigenvalue weighted by atomic mass is 10.1. The largest absolute Gasteiger partial charge is 0.497 e. The van der Waals surface area contributed by atoms with E-state index in [0.717, 1.165) is 0 Å². The van der Waals surface area contributed by atoms with Gasteiger partial charge in [-0.3, -0.25) is 9.59 Å². The lowest BCUT2D eigenvalue weighted by Gasteiger charge is -2.12. The summed E-state index contributed by atoms with van der Waals surface area (Å²) >= 11 is 6.10. The van der Waals surface area contributed by atoms with Crippen molar-refractivity contribution in [3.8, 4) is 11.5 Å². The van der Waals surface area contributed by atoms with Gasteiger partial charge in [0.25, 0.3) is 11.8 Å². The molecule has 24 heavy (non-hydrogen) atoms. The summed E-state index contributed by atoms with van der Waals surface area (Å²) in [6.07, 6.45) is 0. The number of amides is 2. The van der Waals surface area contributed by atoms with Crippen LogP contribution in [0.25, 0.3) is 0 Å². The Morgan fingerprint density at radius 2 is 1.75 bits per heavy atom. The Labute approximate surface area is 144 Å². The van der Waals surface area contributed by atoms with Crippen molar-refractivity contribution in [3.05, 3.63) is 52.5 Å². The van der Waals surface area contributed by atoms with Crippen LogP contribution in [-0.4, -0.2) is 33.1 Å². The molecule has 6 nitrogen and oxygen atoms in total. The summed E-state index contributed by atoms with van der Waals surface area (Å²) in [5.41, 5.74) is 1.04. The molecule has 2 aromatic rings. The summed E-state index contributed by atoms with van der Waals surface area (Å²) in [6, 6.07) is 9.48. The average molecular weight is 349 g/mol. The van der Waals surface area contributed by atoms with Crippen LogP contribution in [0, 0.1) is 0 Å². The van der Waals surface area contributed by atoms with Crippen molar-refractivity contribution < 1.29 is 19.1 Å². The van der Waals surface area contributed by atoms with Crippen molar-refractivity contribution in [1.29, 1.82) is 0 Å². The topological polar surface area (TPSA) is 76.7 Å². The maximum absolute atomic E-state index is 12.5. The number of hydrogen-bond donors (Lipinski definition) is 2. The maximum Gasteiger partial charge on any atom is 0.259 e. The van der Waals surface area contributed by atoms with Crippen LogP contribution in [0.4, 0.5) is 5.69 Å². The molecule has 2 amide bonds. The standard InChI is InChI=1S/C17H17ClN2O4/c1-19-16(21)10-4-7-13(18)14(8-10)20-17(22)12-6-5-11(23-2)9-15(12)24-3/h4-9H,1-3H3,(H,19,21)(H,20,22). The highest BCUT2D eigenvalue weighted by Crippen LogP contribution is 2.28. The Balaban J connectivity index is 2.31. The summed E-state index contributed by atoms with van der Waals surface area (Å²) in [6.45, 7) is 0. The van der Waals surface area contributed by atoms with Gasteiger partial charge in [-0.05, 0) is 30.3 Å². The number of carbonyl (C=O) groups excluding carboxylic acids is 2. The third-order valence-corrected chi connectivity index (χ3v) is 3.69. The molecule has 0 aliphatic rings. The number of hydrogen-bond acceptors (Lipinski definition) is 4. The second kappa shape index (κ2) is 7.70. The van der Waals surface area contributed by atoms with Crippen LogP contribution in [-0.2, 0) is 0 Å². The normalized spacial score (nSPS) is 10.0. The van der Waals surface area contributed by atoms with E-state index in [2.05, 4.69) is 10.6 Å². The minimum absolute atomic E-state index is 0.274. The highest BCUT2D eigenvalue weighted by atomic mass is 35.5. The Bertz CT molecular complexity index is 777. The molecule has 2 N–H and O–H groups in total. The minimum Gasteiger partial charge on any atom is -0.497 e. The van der Waals surface area contributed by atoms with E-state index in [9.17, 15) is 9.59 Å². The smallest absolute Gasteiger partial charge is 0.259 e. The number of nitrogens with one attached hydrogen (secondary N) is 2. The van der Waals surface area contributed by atoms with E-state index in [-0.39, 0.29) is 5.91 Å². The van der Waals surface area contributed by atoms with Gasteiger partial charge >= 0.3 is 0 Å². The molecule has 2 aromatic carbocycles. The van der Waals surface area contributed by atoms with Gasteiger partial charge in [-0.15, -0.1) is 0 Å². The number of ether oxygens (including phenoxy) is 2. The fourth-order valence-electron chi connectivity index (χ4n) is 2.08. The van der Waals surface area contributed by atoms with Crippen LogP contribution in [0.5, 0.6) is 11.5 Å². The zero-order valence-corrected chi connectivity index (χ0v) is 14.2. The molecule has 0 unspecified atom stereocenters. The van der Waals surface area contributed by atoms with Gasteiger partial charge in [-0.1, -0.05) is 11.6 Å². The van der Waals surface area contributed by atoms with Gasteiger partial charge in [0, 0.05) is 18.7 Å². The molecule has 0 aliphatic heterocycles. The molecule has 0 fully saturated rings. The lowest BCUT2D eigenvalue weighted by molar-refractivity contribution is 0.0961. The van der Waals surface area contributed by atoms with Gasteiger partial charge in [0.15, 0.2) is 0 Å². The molecule has 2 rings (SSSR count). The van der Waals surface area contributed by atoms with Gasteiger partial charge in [0.2, 0.25) is 0 Å². The molecule has 0 bridgehead atoms. The number of methoxy groups -OCH3 is 2. The SMILES string of the molecule is CNC(=O)c1ccc(Cl)c(NC(=O)c2ccc(OC)cc2OC)c1. The summed E-state index contributed by atoms with van der Waals surface area (Å²) < 4.78 is 10.3. The summed E-state index contributed by atoms with van der Waals surface area (Å²) in [5, 5.41) is 5.52. The van der Waals surface area contributed by atoms with Crippen LogP contribution in [0.15, 0.2) is 36.4 Å². The van der Waals surface area contributed by atoms with Crippen LogP contribution < -0.4 is 20.1 Å². The van der Waals surface area contributed by atoms with Crippen molar-refractivity contribution in [2.45, 2.75) is 0 Å². The van der Waals surface area contributed by atoms with Crippen molar-refractivity contribution in [3.63, 3.8) is 0 Å². The molecule has 0 heterocycles. The molecule has 0 aliphatic carbocycles. The minimum atomic E-state index is -0.412. The number of carbonyl (C=O) groups is 2. The predicted molar refractivity (Wildman–Crippen MR) is 92.3 cm³/mol. The molecule has 0 saturated heterocycles. The summed E-state index contributed by atoms with van der Waals surface area (Å²) in [7, 11) is 4.51. The number of benzene rings is 2. The van der Waals surface area contributed by atoms with E-state index in [0.29, 0.717) is 33.3 Å². The number of halogens is 1. The van der Waals surface area contributed by atoms with Crippen molar-refractivity contribution >= 4 is 29.1 Å². The quantitative estimate of drug-likeness (QED) is 0.871. The first-order chi connectivity index (χ1) is 11.5. The average Bonchev–Trinajstić information content (AvgIpc) is 2.62. The Kier molecular flexibility index (Phi) is 5.65. The molecular formula is C17H17ClN2O4. The molecule has 0 saturated carbocycles. The fraction of sp³-hybridized carbons (Fsp3) is 0.176. The van der Waals surface area contributed by atoms with Crippen LogP contribution in [0.3, 0.4) is 0 Å². The Hall–Kier alpha value is -2.73. The highest BCUT2D eigenvalue weighted by Gasteiger charge is 2.16. The van der Waals surface area contributed by atoms with Crippen LogP contribution >= 0.6 is 11.6 Å². The first kappa shape index (κ1) is 17.6. The van der Waals surface area contributed by atoms with Gasteiger partial charge in [-0.2, -0.15) is 0 Å². The van der Waals surface area contributed by atoms with Crippen molar-refractivity contribution in [2.24, 2.45) is 0 Å². The van der Waals surface area contributed by atoms with E-state index >= 15 is 0 Å². The monoisotopic (exact) mass is 348 g/mol. The van der Waals surface area contributed by atoms with Crippen LogP contribution in [0.1, 0.15) is 20.7 Å². The second-order valence-corrected chi connectivity index (χ2v) is 5.20. The first-order valence-electron chi connectivity index (χ1n) is 7.05. The third-order valence-electron chi connectivity index (χ3n) is 3.36. The van der Waals surface area contributed by atoms with Gasteiger partial charge in [-0.25, -0.2) is 0 Å². The highest BCUT2D eigenvalue weighted by molar-refractivity contribution is 6.34. The number of rotatable bonds is 5. The molecule has 0 atom stereocenters. The third kappa shape index (κ3) is 3.78. The van der Waals surface area contributed by atoms with E-state index in [1.165, 1.54) is 27.3 Å². The first-order valence-corrected chi connectivity index (χ1v) is 7.43.